The molecule has 0 atom stereocenters. The number of rotatable bonds is 5. The van der Waals surface area contributed by atoms with Gasteiger partial charge in [0.1, 0.15) is 11.3 Å². The average Bonchev–Trinajstić information content (AvgIpc) is 2.98. The van der Waals surface area contributed by atoms with Gasteiger partial charge in [-0.3, -0.25) is 14.2 Å². The van der Waals surface area contributed by atoms with E-state index in [0.29, 0.717) is 12.2 Å². The Balaban J connectivity index is 1.90. The predicted molar refractivity (Wildman–Crippen MR) is 102 cm³/mol. The van der Waals surface area contributed by atoms with Crippen LogP contribution in [0.2, 0.25) is 0 Å². The van der Waals surface area contributed by atoms with Crippen LogP contribution in [-0.2, 0) is 12.8 Å². The third kappa shape index (κ3) is 3.58. The predicted octanol–water partition coefficient (Wildman–Crippen LogP) is 3.68. The Labute approximate surface area is 155 Å². The maximum Gasteiger partial charge on any atom is 0.272 e. The van der Waals surface area contributed by atoms with Crippen molar-refractivity contribution in [2.75, 3.05) is 13.6 Å². The van der Waals surface area contributed by atoms with Crippen molar-refractivity contribution in [2.45, 2.75) is 26.7 Å². The van der Waals surface area contributed by atoms with Crippen LogP contribution in [0.25, 0.3) is 5.65 Å². The van der Waals surface area contributed by atoms with E-state index in [1.54, 1.807) is 17.3 Å². The first-order valence-corrected chi connectivity index (χ1v) is 9.12. The first-order valence-electron chi connectivity index (χ1n) is 8.32. The number of aromatic nitrogens is 3. The number of likely N-dealkylation sites (N-methyl/N-ethyl adjacent to an activating group) is 1. The van der Waals surface area contributed by atoms with E-state index in [0.717, 1.165) is 34.2 Å². The summed E-state index contributed by atoms with van der Waals surface area (Å²) in [6, 6.07) is 5.97. The van der Waals surface area contributed by atoms with Crippen LogP contribution in [0.1, 0.15) is 34.2 Å². The molecule has 3 aromatic heterocycles. The molecule has 130 valence electrons. The first kappa shape index (κ1) is 17.6. The Morgan fingerprint density at radius 2 is 2.04 bits per heavy atom. The standard InChI is InChI=1S/C19H21BrN4O/c1-4-16-17(24-12-15(20)11-13(2)18(24)22-16)19(25)23(3)10-7-14-5-8-21-9-6-14/h5-6,8-9,11-12H,4,7,10H2,1-3H3. The van der Waals surface area contributed by atoms with Gasteiger partial charge in [-0.25, -0.2) is 4.98 Å². The zero-order valence-electron chi connectivity index (χ0n) is 14.7. The third-order valence-corrected chi connectivity index (χ3v) is 4.75. The smallest absolute Gasteiger partial charge is 0.272 e. The van der Waals surface area contributed by atoms with Gasteiger partial charge in [0.25, 0.3) is 5.91 Å². The van der Waals surface area contributed by atoms with Crippen LogP contribution in [0.4, 0.5) is 0 Å². The summed E-state index contributed by atoms with van der Waals surface area (Å²) >= 11 is 3.52. The number of fused-ring (bicyclic) bond motifs is 1. The van der Waals surface area contributed by atoms with Gasteiger partial charge >= 0.3 is 0 Å². The minimum Gasteiger partial charge on any atom is -0.340 e. The monoisotopic (exact) mass is 400 g/mol. The molecule has 0 aromatic carbocycles. The molecule has 0 aliphatic rings. The molecule has 0 bridgehead atoms. The molecule has 0 radical (unpaired) electrons. The van der Waals surface area contributed by atoms with Gasteiger partial charge in [-0.15, -0.1) is 0 Å². The van der Waals surface area contributed by atoms with Crippen LogP contribution in [0.15, 0.2) is 41.3 Å². The molecule has 0 spiro atoms. The van der Waals surface area contributed by atoms with Crippen molar-refractivity contribution in [1.82, 2.24) is 19.3 Å². The summed E-state index contributed by atoms with van der Waals surface area (Å²) in [6.07, 6.45) is 6.98. The highest BCUT2D eigenvalue weighted by Crippen LogP contribution is 2.22. The number of halogens is 1. The average molecular weight is 401 g/mol. The van der Waals surface area contributed by atoms with E-state index in [4.69, 9.17) is 0 Å². The van der Waals surface area contributed by atoms with Gasteiger partial charge < -0.3 is 4.90 Å². The van der Waals surface area contributed by atoms with Gasteiger partial charge in [0.05, 0.1) is 5.69 Å². The van der Waals surface area contributed by atoms with Crippen molar-refractivity contribution in [2.24, 2.45) is 0 Å². The fourth-order valence-electron chi connectivity index (χ4n) is 2.92. The van der Waals surface area contributed by atoms with E-state index in [1.165, 1.54) is 5.56 Å². The summed E-state index contributed by atoms with van der Waals surface area (Å²) in [4.78, 5) is 23.5. The highest BCUT2D eigenvalue weighted by Gasteiger charge is 2.22. The van der Waals surface area contributed by atoms with Crippen molar-refractivity contribution in [3.63, 3.8) is 0 Å². The van der Waals surface area contributed by atoms with Crippen molar-refractivity contribution in [1.29, 1.82) is 0 Å². The van der Waals surface area contributed by atoms with Crippen LogP contribution >= 0.6 is 15.9 Å². The molecule has 0 N–H and O–H groups in total. The fraction of sp³-hybridized carbons (Fsp3) is 0.316. The van der Waals surface area contributed by atoms with Gasteiger partial charge in [0.2, 0.25) is 0 Å². The van der Waals surface area contributed by atoms with Crippen molar-refractivity contribution in [3.05, 3.63) is 63.8 Å². The summed E-state index contributed by atoms with van der Waals surface area (Å²) in [6.45, 7) is 4.68. The Bertz CT molecular complexity index is 905. The molecule has 0 fully saturated rings. The van der Waals surface area contributed by atoms with E-state index in [2.05, 4.69) is 25.9 Å². The Kier molecular flexibility index (Phi) is 5.18. The number of nitrogens with zero attached hydrogens (tertiary/aromatic N) is 4. The molecule has 0 aliphatic carbocycles. The number of amides is 1. The molecule has 3 rings (SSSR count). The van der Waals surface area contributed by atoms with Crippen molar-refractivity contribution in [3.8, 4) is 0 Å². The zero-order chi connectivity index (χ0) is 18.0. The molecule has 0 unspecified atom stereocenters. The Morgan fingerprint density at radius 3 is 2.72 bits per heavy atom. The molecule has 0 aliphatic heterocycles. The van der Waals surface area contributed by atoms with Crippen LogP contribution in [0.5, 0.6) is 0 Å². The first-order chi connectivity index (χ1) is 12.0. The number of aryl methyl sites for hydroxylation is 2. The summed E-state index contributed by atoms with van der Waals surface area (Å²) < 4.78 is 2.84. The summed E-state index contributed by atoms with van der Waals surface area (Å²) in [5.41, 5.74) is 4.54. The van der Waals surface area contributed by atoms with Gasteiger partial charge in [-0.2, -0.15) is 0 Å². The Hall–Kier alpha value is -2.21. The van der Waals surface area contributed by atoms with E-state index in [9.17, 15) is 4.79 Å². The molecule has 0 saturated carbocycles. The van der Waals surface area contributed by atoms with Crippen LogP contribution < -0.4 is 0 Å². The SMILES string of the molecule is CCc1nc2c(C)cc(Br)cn2c1C(=O)N(C)CCc1ccncc1. The molecule has 3 aromatic rings. The zero-order valence-corrected chi connectivity index (χ0v) is 16.2. The minimum absolute atomic E-state index is 0.00379. The Morgan fingerprint density at radius 1 is 1.32 bits per heavy atom. The number of imidazole rings is 1. The van der Waals surface area contributed by atoms with Crippen LogP contribution in [0, 0.1) is 6.92 Å². The molecule has 25 heavy (non-hydrogen) atoms. The highest BCUT2D eigenvalue weighted by atomic mass is 79.9. The van der Waals surface area contributed by atoms with E-state index in [1.807, 2.05) is 49.7 Å². The molecule has 3 heterocycles. The van der Waals surface area contributed by atoms with Crippen molar-refractivity contribution < 1.29 is 4.79 Å². The molecule has 5 nitrogen and oxygen atoms in total. The number of hydrogen-bond donors (Lipinski definition) is 0. The van der Waals surface area contributed by atoms with Crippen molar-refractivity contribution >= 4 is 27.5 Å². The van der Waals surface area contributed by atoms with E-state index < -0.39 is 0 Å². The molecule has 0 saturated heterocycles. The van der Waals surface area contributed by atoms with Crippen LogP contribution in [0.3, 0.4) is 0 Å². The lowest BCUT2D eigenvalue weighted by atomic mass is 10.2. The van der Waals surface area contributed by atoms with Gasteiger partial charge in [-0.05, 0) is 65.0 Å². The molecule has 6 heteroatoms. The van der Waals surface area contributed by atoms with E-state index in [-0.39, 0.29) is 5.91 Å². The summed E-state index contributed by atoms with van der Waals surface area (Å²) in [5, 5.41) is 0. The number of hydrogen-bond acceptors (Lipinski definition) is 3. The fourth-order valence-corrected chi connectivity index (χ4v) is 3.47. The quantitative estimate of drug-likeness (QED) is 0.656. The lowest BCUT2D eigenvalue weighted by Gasteiger charge is -2.18. The second-order valence-electron chi connectivity index (χ2n) is 6.13. The van der Waals surface area contributed by atoms with E-state index >= 15 is 0 Å². The molecule has 1 amide bonds. The van der Waals surface area contributed by atoms with Gasteiger partial charge in [-0.1, -0.05) is 6.92 Å². The second-order valence-corrected chi connectivity index (χ2v) is 7.04. The number of carbonyl (C=O) groups excluding carboxylic acids is 1. The number of pyridine rings is 2. The summed E-state index contributed by atoms with van der Waals surface area (Å²) in [5.74, 6) is -0.00379. The van der Waals surface area contributed by atoms with Gasteiger partial charge in [0.15, 0.2) is 0 Å². The largest absolute Gasteiger partial charge is 0.340 e. The minimum atomic E-state index is -0.00379. The van der Waals surface area contributed by atoms with Crippen LogP contribution in [-0.4, -0.2) is 38.8 Å². The lowest BCUT2D eigenvalue weighted by Crippen LogP contribution is -2.30. The topological polar surface area (TPSA) is 50.5 Å². The summed E-state index contributed by atoms with van der Waals surface area (Å²) in [7, 11) is 1.84. The maximum atomic E-state index is 13.1. The number of carbonyl (C=O) groups is 1. The normalized spacial score (nSPS) is 11.0. The molecular weight excluding hydrogens is 380 g/mol. The van der Waals surface area contributed by atoms with Gasteiger partial charge in [0, 0.05) is 36.7 Å². The second kappa shape index (κ2) is 7.35. The molecular formula is C19H21BrN4O. The highest BCUT2D eigenvalue weighted by molar-refractivity contribution is 9.10. The third-order valence-electron chi connectivity index (χ3n) is 4.31. The maximum absolute atomic E-state index is 13.1. The lowest BCUT2D eigenvalue weighted by molar-refractivity contribution is 0.0788.